The summed E-state index contributed by atoms with van der Waals surface area (Å²) in [4.78, 5) is 0. The molecule has 0 aliphatic carbocycles. The molecule has 0 aliphatic rings. The number of halogens is 1. The number of hydrogen-bond acceptors (Lipinski definition) is 3. The molecule has 2 unspecified atom stereocenters. The van der Waals surface area contributed by atoms with Crippen molar-refractivity contribution in [1.29, 1.82) is 0 Å². The predicted molar refractivity (Wildman–Crippen MR) is 50.7 cm³/mol. The van der Waals surface area contributed by atoms with Crippen molar-refractivity contribution in [3.8, 4) is 0 Å². The zero-order valence-corrected chi connectivity index (χ0v) is 10.7. The monoisotopic (exact) mass is 271 g/mol. The molecule has 4 nitrogen and oxygen atoms in total. The van der Waals surface area contributed by atoms with Gasteiger partial charge in [0.25, 0.3) is 0 Å². The van der Waals surface area contributed by atoms with Crippen molar-refractivity contribution in [2.75, 3.05) is 20.2 Å². The van der Waals surface area contributed by atoms with Gasteiger partial charge in [-0.25, -0.2) is 0 Å². The highest BCUT2D eigenvalue weighted by molar-refractivity contribution is 4.47. The molecule has 0 radical (unpaired) electrons. The molecular weight excluding hydrogens is 250 g/mol. The van der Waals surface area contributed by atoms with Crippen molar-refractivity contribution in [3.63, 3.8) is 0 Å². The zero-order chi connectivity index (χ0) is 10.5. The van der Waals surface area contributed by atoms with E-state index >= 15 is 0 Å². The van der Waals surface area contributed by atoms with Crippen molar-refractivity contribution in [1.82, 2.24) is 0 Å². The first-order valence-corrected chi connectivity index (χ1v) is 4.84. The number of aliphatic hydroxyl groups is 3. The van der Waals surface area contributed by atoms with E-state index in [4.69, 9.17) is 5.11 Å². The second-order valence-corrected chi connectivity index (χ2v) is 3.57. The summed E-state index contributed by atoms with van der Waals surface area (Å²) in [6.07, 6.45) is -0.0644. The molecule has 0 amide bonds. The van der Waals surface area contributed by atoms with E-state index in [0.29, 0.717) is 19.4 Å². The van der Waals surface area contributed by atoms with Crippen LogP contribution in [0.4, 0.5) is 0 Å². The summed E-state index contributed by atoms with van der Waals surface area (Å²) in [6, 6.07) is 0. The van der Waals surface area contributed by atoms with Crippen molar-refractivity contribution in [3.05, 3.63) is 0 Å². The highest BCUT2D eigenvalue weighted by Crippen LogP contribution is 2.17. The summed E-state index contributed by atoms with van der Waals surface area (Å²) < 4.78 is 0.115. The molecule has 14 heavy (non-hydrogen) atoms. The molecule has 0 spiro atoms. The first kappa shape index (κ1) is 16.7. The minimum atomic E-state index is -0.609. The van der Waals surface area contributed by atoms with E-state index in [0.717, 1.165) is 0 Å². The van der Waals surface area contributed by atoms with Crippen LogP contribution in [0.15, 0.2) is 0 Å². The summed E-state index contributed by atoms with van der Waals surface area (Å²) in [5.41, 5.74) is 0. The van der Waals surface area contributed by atoms with Crippen LogP contribution in [0.5, 0.6) is 0 Å². The van der Waals surface area contributed by atoms with Crippen molar-refractivity contribution in [2.24, 2.45) is 0 Å². The summed E-state index contributed by atoms with van der Waals surface area (Å²) in [7, 11) is 1.76. The van der Waals surface area contributed by atoms with Crippen LogP contribution in [0.1, 0.15) is 26.7 Å². The smallest absolute Gasteiger partial charge is 0.192 e. The third-order valence-corrected chi connectivity index (χ3v) is 2.67. The molecule has 0 aromatic heterocycles. The molecule has 3 N–H and O–H groups in total. The third-order valence-electron chi connectivity index (χ3n) is 2.67. The van der Waals surface area contributed by atoms with E-state index < -0.39 is 12.5 Å². The lowest BCUT2D eigenvalue weighted by atomic mass is 10.2. The molecule has 0 bridgehead atoms. The summed E-state index contributed by atoms with van der Waals surface area (Å²) in [5.74, 6) is 0. The van der Waals surface area contributed by atoms with Gasteiger partial charge in [-0.2, -0.15) is 0 Å². The van der Waals surface area contributed by atoms with Crippen LogP contribution in [-0.2, 0) is 0 Å². The molecule has 0 saturated carbocycles. The van der Waals surface area contributed by atoms with Gasteiger partial charge < -0.3 is 32.3 Å². The minimum absolute atomic E-state index is 0. The van der Waals surface area contributed by atoms with Crippen LogP contribution >= 0.6 is 0 Å². The van der Waals surface area contributed by atoms with E-state index in [-0.39, 0.29) is 28.1 Å². The van der Waals surface area contributed by atoms with Gasteiger partial charge in [-0.3, -0.25) is 4.48 Å². The molecule has 2 atom stereocenters. The number of nitrogens with zero attached hydrogens (tertiary/aromatic N) is 1. The van der Waals surface area contributed by atoms with Gasteiger partial charge in [0, 0.05) is 12.8 Å². The van der Waals surface area contributed by atoms with E-state index in [2.05, 4.69) is 0 Å². The second kappa shape index (κ2) is 7.59. The molecular formula is C9H22BrNO3. The Hall–Kier alpha value is 0.320. The number of likely N-dealkylation sites (N-methyl/N-ethyl adjacent to an activating group) is 1. The van der Waals surface area contributed by atoms with E-state index in [9.17, 15) is 10.2 Å². The Morgan fingerprint density at radius 3 is 1.64 bits per heavy atom. The molecule has 5 heteroatoms. The Morgan fingerprint density at radius 1 is 1.07 bits per heavy atom. The fourth-order valence-electron chi connectivity index (χ4n) is 1.55. The van der Waals surface area contributed by atoms with Gasteiger partial charge in [-0.15, -0.1) is 0 Å². The first-order chi connectivity index (χ1) is 6.02. The molecule has 0 aromatic rings. The Kier molecular flexibility index (Phi) is 9.08. The summed E-state index contributed by atoms with van der Waals surface area (Å²) in [6.45, 7) is 4.08. The van der Waals surface area contributed by atoms with Crippen molar-refractivity contribution in [2.45, 2.75) is 39.1 Å². The van der Waals surface area contributed by atoms with Gasteiger partial charge in [-0.1, -0.05) is 13.8 Å². The molecule has 0 rings (SSSR count). The van der Waals surface area contributed by atoms with Crippen LogP contribution in [0, 0.1) is 0 Å². The molecule has 88 valence electrons. The van der Waals surface area contributed by atoms with Crippen LogP contribution < -0.4 is 17.0 Å². The van der Waals surface area contributed by atoms with Crippen LogP contribution in [0.2, 0.25) is 0 Å². The zero-order valence-electron chi connectivity index (χ0n) is 9.15. The Morgan fingerprint density at radius 2 is 1.43 bits per heavy atom. The highest BCUT2D eigenvalue weighted by atomic mass is 79.9. The van der Waals surface area contributed by atoms with Crippen LogP contribution in [0.3, 0.4) is 0 Å². The highest BCUT2D eigenvalue weighted by Gasteiger charge is 2.35. The van der Waals surface area contributed by atoms with Gasteiger partial charge in [-0.05, 0) is 0 Å². The fourth-order valence-corrected chi connectivity index (χ4v) is 1.55. The van der Waals surface area contributed by atoms with Crippen molar-refractivity contribution >= 4 is 0 Å². The summed E-state index contributed by atoms with van der Waals surface area (Å²) in [5, 5.41) is 28.3. The maximum atomic E-state index is 9.71. The third kappa shape index (κ3) is 3.82. The number of rotatable bonds is 6. The Bertz CT molecular complexity index is 136. The molecule has 0 saturated heterocycles. The van der Waals surface area contributed by atoms with E-state index in [1.165, 1.54) is 0 Å². The molecule has 0 aliphatic heterocycles. The average molecular weight is 272 g/mol. The standard InChI is InChI=1S/C9H22NO3.BrH/c1-4-8(12)10(3,6-7-11)9(13)5-2;/h8-9,11-13H,4-7H2,1-3H3;1H/q+1;/p-1. The van der Waals surface area contributed by atoms with Gasteiger partial charge >= 0.3 is 0 Å². The van der Waals surface area contributed by atoms with Gasteiger partial charge in [0.2, 0.25) is 0 Å². The quantitative estimate of drug-likeness (QED) is 0.354. The fraction of sp³-hybridized carbons (Fsp3) is 1.00. The Balaban J connectivity index is 0. The average Bonchev–Trinajstić information content (AvgIpc) is 2.15. The van der Waals surface area contributed by atoms with Gasteiger partial charge in [0.15, 0.2) is 12.5 Å². The van der Waals surface area contributed by atoms with Crippen molar-refractivity contribution < 1.29 is 36.8 Å². The van der Waals surface area contributed by atoms with Gasteiger partial charge in [0.1, 0.15) is 6.54 Å². The second-order valence-electron chi connectivity index (χ2n) is 3.57. The van der Waals surface area contributed by atoms with Crippen LogP contribution in [-0.4, -0.2) is 52.5 Å². The largest absolute Gasteiger partial charge is 1.00 e. The molecule has 0 fully saturated rings. The lowest BCUT2D eigenvalue weighted by Crippen LogP contribution is -3.00. The van der Waals surface area contributed by atoms with E-state index in [1.807, 2.05) is 13.8 Å². The topological polar surface area (TPSA) is 60.7 Å². The maximum absolute atomic E-state index is 9.71. The van der Waals surface area contributed by atoms with E-state index in [1.54, 1.807) is 7.05 Å². The maximum Gasteiger partial charge on any atom is 0.192 e. The molecule has 0 heterocycles. The first-order valence-electron chi connectivity index (χ1n) is 4.84. The SMILES string of the molecule is CCC(O)[N+](C)(CCO)C(O)CC.[Br-]. The van der Waals surface area contributed by atoms with Crippen LogP contribution in [0.25, 0.3) is 0 Å². The number of hydrogen-bond donors (Lipinski definition) is 3. The van der Waals surface area contributed by atoms with Gasteiger partial charge in [0.05, 0.1) is 13.7 Å². The lowest BCUT2D eigenvalue weighted by molar-refractivity contribution is -0.994. The normalized spacial score (nSPS) is 19.3. The Labute approximate surface area is 96.5 Å². The lowest BCUT2D eigenvalue weighted by Gasteiger charge is -2.41. The molecule has 0 aromatic carbocycles. The number of aliphatic hydroxyl groups excluding tert-OH is 3. The minimum Gasteiger partial charge on any atom is -1.00 e. The summed E-state index contributed by atoms with van der Waals surface area (Å²) >= 11 is 0. The number of quaternary nitrogens is 1. The predicted octanol–water partition coefficient (Wildman–Crippen LogP) is -3.11.